The summed E-state index contributed by atoms with van der Waals surface area (Å²) in [6, 6.07) is 14.6. The van der Waals surface area contributed by atoms with E-state index in [4.69, 9.17) is 0 Å². The Morgan fingerprint density at radius 3 is 2.25 bits per heavy atom. The van der Waals surface area contributed by atoms with E-state index in [9.17, 15) is 13.2 Å². The van der Waals surface area contributed by atoms with Crippen molar-refractivity contribution in [2.24, 2.45) is 17.8 Å². The summed E-state index contributed by atoms with van der Waals surface area (Å²) in [6.45, 7) is 2.02. The molecule has 4 nitrogen and oxygen atoms in total. The maximum Gasteiger partial charge on any atom is 0.224 e. The molecule has 2 fully saturated rings. The molecule has 4 rings (SSSR count). The highest BCUT2D eigenvalue weighted by Gasteiger charge is 2.54. The molecular formula is C23H27NO3S. The average molecular weight is 398 g/mol. The lowest BCUT2D eigenvalue weighted by Gasteiger charge is -2.21. The summed E-state index contributed by atoms with van der Waals surface area (Å²) in [5.74, 6) is 1.30. The summed E-state index contributed by atoms with van der Waals surface area (Å²) in [4.78, 5) is 13.3. The van der Waals surface area contributed by atoms with Gasteiger partial charge < -0.3 is 5.32 Å². The van der Waals surface area contributed by atoms with Gasteiger partial charge in [-0.15, -0.1) is 0 Å². The zero-order chi connectivity index (χ0) is 19.9. The second-order valence-electron chi connectivity index (χ2n) is 8.33. The van der Waals surface area contributed by atoms with Crippen molar-refractivity contribution in [1.82, 2.24) is 5.32 Å². The first-order valence-corrected chi connectivity index (χ1v) is 11.9. The van der Waals surface area contributed by atoms with Gasteiger partial charge in [-0.05, 0) is 54.9 Å². The topological polar surface area (TPSA) is 63.2 Å². The van der Waals surface area contributed by atoms with E-state index in [2.05, 4.69) is 5.32 Å². The van der Waals surface area contributed by atoms with Crippen LogP contribution in [0.4, 0.5) is 0 Å². The van der Waals surface area contributed by atoms with Crippen molar-refractivity contribution in [2.45, 2.75) is 43.5 Å². The minimum atomic E-state index is -3.31. The van der Waals surface area contributed by atoms with Crippen LogP contribution in [0.1, 0.15) is 48.4 Å². The molecule has 0 bridgehead atoms. The summed E-state index contributed by atoms with van der Waals surface area (Å²) in [7, 11) is -3.31. The number of carbonyl (C=O) groups is 1. The van der Waals surface area contributed by atoms with Crippen molar-refractivity contribution in [2.75, 3.05) is 6.26 Å². The second kappa shape index (κ2) is 7.36. The van der Waals surface area contributed by atoms with Gasteiger partial charge in [0.25, 0.3) is 0 Å². The van der Waals surface area contributed by atoms with Crippen LogP contribution in [0, 0.1) is 24.7 Å². The minimum absolute atomic E-state index is 0.104. The number of fused-ring (bicyclic) bond motifs is 1. The van der Waals surface area contributed by atoms with E-state index in [0.717, 1.165) is 29.5 Å². The van der Waals surface area contributed by atoms with E-state index >= 15 is 0 Å². The van der Waals surface area contributed by atoms with Gasteiger partial charge in [0.05, 0.1) is 10.9 Å². The fourth-order valence-electron chi connectivity index (χ4n) is 4.66. The van der Waals surface area contributed by atoms with E-state index in [0.29, 0.717) is 11.8 Å². The molecule has 2 aliphatic carbocycles. The van der Waals surface area contributed by atoms with Crippen LogP contribution in [-0.4, -0.2) is 20.6 Å². The molecule has 1 amide bonds. The number of hydrogen-bond donors (Lipinski definition) is 1. The largest absolute Gasteiger partial charge is 0.345 e. The van der Waals surface area contributed by atoms with Gasteiger partial charge in [-0.2, -0.15) is 0 Å². The molecule has 5 heteroatoms. The van der Waals surface area contributed by atoms with Gasteiger partial charge in [0.2, 0.25) is 5.91 Å². The first-order valence-electron chi connectivity index (χ1n) is 10.0. The molecule has 0 heterocycles. The highest BCUT2D eigenvalue weighted by Crippen LogP contribution is 2.55. The average Bonchev–Trinajstić information content (AvgIpc) is 3.41. The van der Waals surface area contributed by atoms with Crippen molar-refractivity contribution >= 4 is 15.7 Å². The zero-order valence-corrected chi connectivity index (χ0v) is 17.2. The number of nitrogens with one attached hydrogen (secondary N) is 1. The number of aryl methyl sites for hydroxylation is 1. The molecule has 0 saturated heterocycles. The molecule has 2 aliphatic rings. The Kier molecular flexibility index (Phi) is 5.04. The lowest BCUT2D eigenvalue weighted by atomic mass is 9.97. The number of sulfone groups is 1. The molecule has 0 aromatic heterocycles. The molecule has 0 aliphatic heterocycles. The van der Waals surface area contributed by atoms with Gasteiger partial charge in [-0.1, -0.05) is 54.8 Å². The minimum Gasteiger partial charge on any atom is -0.345 e. The van der Waals surface area contributed by atoms with E-state index in [1.54, 1.807) is 18.2 Å². The number of benzene rings is 2. The highest BCUT2D eigenvalue weighted by molar-refractivity contribution is 7.90. The van der Waals surface area contributed by atoms with Gasteiger partial charge in [0.1, 0.15) is 0 Å². The second-order valence-corrected chi connectivity index (χ2v) is 10.4. The van der Waals surface area contributed by atoms with E-state index < -0.39 is 9.84 Å². The van der Waals surface area contributed by atoms with Gasteiger partial charge >= 0.3 is 0 Å². The first kappa shape index (κ1) is 19.2. The Bertz CT molecular complexity index is 969. The molecule has 2 aromatic rings. The van der Waals surface area contributed by atoms with Crippen molar-refractivity contribution in [1.29, 1.82) is 0 Å². The standard InChI is InChI=1S/C23H27NO3S/c1-15-10-12-16(13-11-15)22(17-6-5-7-18(14-17)28(2,26)27)24-23(25)21-19-8-3-4-9-20(19)21/h5-7,10-14,19-22H,3-4,8-9H2,1-2H3,(H,24,25)/t19-,20+,21?,22-/m1/s1. The van der Waals surface area contributed by atoms with E-state index in [1.165, 1.54) is 19.1 Å². The third-order valence-electron chi connectivity index (χ3n) is 6.28. The van der Waals surface area contributed by atoms with E-state index in [1.807, 2.05) is 37.3 Å². The molecule has 2 aromatic carbocycles. The lowest BCUT2D eigenvalue weighted by Crippen LogP contribution is -2.31. The van der Waals surface area contributed by atoms with Crippen LogP contribution < -0.4 is 5.32 Å². The van der Waals surface area contributed by atoms with Gasteiger partial charge in [-0.3, -0.25) is 4.79 Å². The summed E-state index contributed by atoms with van der Waals surface area (Å²) in [6.07, 6.45) is 5.97. The van der Waals surface area contributed by atoms with Crippen molar-refractivity contribution in [3.8, 4) is 0 Å². The number of rotatable bonds is 5. The van der Waals surface area contributed by atoms with Crippen molar-refractivity contribution in [3.63, 3.8) is 0 Å². The molecule has 148 valence electrons. The predicted octanol–water partition coefficient (Wildman–Crippen LogP) is 4.04. The van der Waals surface area contributed by atoms with Gasteiger partial charge in [0.15, 0.2) is 9.84 Å². The van der Waals surface area contributed by atoms with Crippen LogP contribution in [0.5, 0.6) is 0 Å². The number of carbonyl (C=O) groups excluding carboxylic acids is 1. The Morgan fingerprint density at radius 1 is 1.00 bits per heavy atom. The van der Waals surface area contributed by atoms with Crippen LogP contribution in [0.25, 0.3) is 0 Å². The molecule has 1 N–H and O–H groups in total. The van der Waals surface area contributed by atoms with Gasteiger partial charge in [0, 0.05) is 12.2 Å². The van der Waals surface area contributed by atoms with Crippen molar-refractivity contribution in [3.05, 3.63) is 65.2 Å². The van der Waals surface area contributed by atoms with Crippen molar-refractivity contribution < 1.29 is 13.2 Å². The summed E-state index contributed by atoms with van der Waals surface area (Å²) in [5.41, 5.74) is 2.91. The number of amides is 1. The smallest absolute Gasteiger partial charge is 0.224 e. The Hall–Kier alpha value is -2.14. The Balaban J connectivity index is 1.65. The molecule has 4 atom stereocenters. The summed E-state index contributed by atoms with van der Waals surface area (Å²) < 4.78 is 24.0. The summed E-state index contributed by atoms with van der Waals surface area (Å²) in [5, 5.41) is 3.23. The highest BCUT2D eigenvalue weighted by atomic mass is 32.2. The zero-order valence-electron chi connectivity index (χ0n) is 16.4. The molecule has 0 radical (unpaired) electrons. The fraction of sp³-hybridized carbons (Fsp3) is 0.435. The van der Waals surface area contributed by atoms with Crippen LogP contribution in [-0.2, 0) is 14.6 Å². The maximum atomic E-state index is 13.0. The molecule has 2 saturated carbocycles. The van der Waals surface area contributed by atoms with Crippen LogP contribution in [0.3, 0.4) is 0 Å². The van der Waals surface area contributed by atoms with E-state index in [-0.39, 0.29) is 22.8 Å². The first-order chi connectivity index (χ1) is 13.3. The van der Waals surface area contributed by atoms with Gasteiger partial charge in [-0.25, -0.2) is 8.42 Å². The quantitative estimate of drug-likeness (QED) is 0.828. The predicted molar refractivity (Wildman–Crippen MR) is 110 cm³/mol. The van der Waals surface area contributed by atoms with Crippen LogP contribution in [0.15, 0.2) is 53.4 Å². The third-order valence-corrected chi connectivity index (χ3v) is 7.39. The maximum absolute atomic E-state index is 13.0. The lowest BCUT2D eigenvalue weighted by molar-refractivity contribution is -0.123. The molecular weight excluding hydrogens is 370 g/mol. The Morgan fingerprint density at radius 2 is 1.64 bits per heavy atom. The monoisotopic (exact) mass is 397 g/mol. The van der Waals surface area contributed by atoms with Crippen LogP contribution in [0.2, 0.25) is 0 Å². The number of hydrogen-bond acceptors (Lipinski definition) is 3. The normalized spacial score (nSPS) is 24.9. The summed E-state index contributed by atoms with van der Waals surface area (Å²) >= 11 is 0. The third kappa shape index (κ3) is 3.86. The molecule has 1 unspecified atom stereocenters. The molecule has 0 spiro atoms. The molecule has 28 heavy (non-hydrogen) atoms. The SMILES string of the molecule is Cc1ccc([C@@H](NC(=O)C2[C@H]3CCCC[C@@H]23)c2cccc(S(C)(=O)=O)c2)cc1. The Labute approximate surface area is 167 Å². The van der Waals surface area contributed by atoms with Crippen LogP contribution >= 0.6 is 0 Å². The fourth-order valence-corrected chi connectivity index (χ4v) is 5.34.